The van der Waals surface area contributed by atoms with Crippen LogP contribution >= 0.6 is 23.6 Å². The number of thiazole rings is 1. The number of furan rings is 1. The summed E-state index contributed by atoms with van der Waals surface area (Å²) in [5.41, 5.74) is 1.86. The first-order valence-corrected chi connectivity index (χ1v) is 10.3. The molecular formula is C19H19N5O3S2. The van der Waals surface area contributed by atoms with E-state index in [0.717, 1.165) is 17.0 Å². The van der Waals surface area contributed by atoms with Gasteiger partial charge in [0.1, 0.15) is 5.76 Å². The number of aromatic amines is 1. The second-order valence-corrected chi connectivity index (χ2v) is 8.16. The molecule has 3 aromatic heterocycles. The maximum atomic E-state index is 12.8. The number of hydrogen-bond acceptors (Lipinski definition) is 7. The standard InChI is InChI=1S/C19H19N5O3S2/c1-4-8-24-16(22-23-19(24)28)15-10(3)20-18(29-15)21-17(26)14-9(2)13-11(25)6-5-7-12(13)27-14/h4H,1,5-8H2,2-3H3,(H,23,28)(H,20,21,26). The lowest BCUT2D eigenvalue weighted by atomic mass is 9.94. The fourth-order valence-corrected chi connectivity index (χ4v) is 4.63. The third kappa shape index (κ3) is 3.38. The van der Waals surface area contributed by atoms with Crippen molar-refractivity contribution in [3.05, 3.63) is 45.8 Å². The van der Waals surface area contributed by atoms with E-state index in [9.17, 15) is 9.59 Å². The van der Waals surface area contributed by atoms with Crippen LogP contribution in [0.3, 0.4) is 0 Å². The predicted molar refractivity (Wildman–Crippen MR) is 112 cm³/mol. The topological polar surface area (TPSA) is 106 Å². The highest BCUT2D eigenvalue weighted by Crippen LogP contribution is 2.33. The van der Waals surface area contributed by atoms with Crippen LogP contribution in [0.2, 0.25) is 0 Å². The van der Waals surface area contributed by atoms with Crippen molar-refractivity contribution in [1.29, 1.82) is 0 Å². The molecule has 0 aromatic carbocycles. The number of nitrogens with zero attached hydrogens (tertiary/aromatic N) is 3. The summed E-state index contributed by atoms with van der Waals surface area (Å²) in [7, 11) is 0. The maximum Gasteiger partial charge on any atom is 0.293 e. The molecule has 8 nitrogen and oxygen atoms in total. The Hall–Kier alpha value is -2.85. The first-order chi connectivity index (χ1) is 13.9. The Kier molecular flexibility index (Phi) is 5.05. The summed E-state index contributed by atoms with van der Waals surface area (Å²) in [5, 5.41) is 10.3. The monoisotopic (exact) mass is 429 g/mol. The number of hydrogen-bond donors (Lipinski definition) is 2. The van der Waals surface area contributed by atoms with Crippen LogP contribution in [0.1, 0.15) is 50.8 Å². The van der Waals surface area contributed by atoms with Crippen molar-refractivity contribution in [2.45, 2.75) is 39.7 Å². The van der Waals surface area contributed by atoms with Crippen LogP contribution in [-0.2, 0) is 13.0 Å². The number of H-pyrrole nitrogens is 1. The van der Waals surface area contributed by atoms with Crippen LogP contribution in [0.4, 0.5) is 5.13 Å². The number of anilines is 1. The molecule has 0 fully saturated rings. The quantitative estimate of drug-likeness (QED) is 0.464. The number of aromatic nitrogens is 4. The number of rotatable bonds is 5. The zero-order valence-electron chi connectivity index (χ0n) is 16.0. The molecule has 0 spiro atoms. The van der Waals surface area contributed by atoms with Gasteiger partial charge < -0.3 is 4.42 Å². The summed E-state index contributed by atoms with van der Waals surface area (Å²) in [5.74, 6) is 1.01. The lowest BCUT2D eigenvalue weighted by molar-refractivity contribution is 0.0963. The molecule has 4 rings (SSSR count). The highest BCUT2D eigenvalue weighted by Gasteiger charge is 2.29. The Morgan fingerprint density at radius 3 is 2.97 bits per heavy atom. The fraction of sp³-hybridized carbons (Fsp3) is 0.316. The number of aryl methyl sites for hydroxylation is 2. The van der Waals surface area contributed by atoms with E-state index in [-0.39, 0.29) is 11.5 Å². The molecule has 3 heterocycles. The predicted octanol–water partition coefficient (Wildman–Crippen LogP) is 4.23. The second-order valence-electron chi connectivity index (χ2n) is 6.77. The smallest absolute Gasteiger partial charge is 0.293 e. The Bertz CT molecular complexity index is 1200. The Labute approximate surface area is 175 Å². The molecule has 0 radical (unpaired) electrons. The van der Waals surface area contributed by atoms with Gasteiger partial charge in [-0.05, 0) is 32.5 Å². The fourth-order valence-electron chi connectivity index (χ4n) is 3.47. The van der Waals surface area contributed by atoms with Crippen molar-refractivity contribution in [3.63, 3.8) is 0 Å². The summed E-state index contributed by atoms with van der Waals surface area (Å²) in [6, 6.07) is 0. The van der Waals surface area contributed by atoms with E-state index in [1.54, 1.807) is 13.0 Å². The van der Waals surface area contributed by atoms with Gasteiger partial charge in [-0.3, -0.25) is 24.6 Å². The highest BCUT2D eigenvalue weighted by molar-refractivity contribution is 7.71. The first kappa shape index (κ1) is 19.5. The number of Topliss-reactive ketones (excluding diaryl/α,β-unsaturated/α-hetero) is 1. The summed E-state index contributed by atoms with van der Waals surface area (Å²) in [4.78, 5) is 30.2. The minimum atomic E-state index is -0.421. The molecule has 1 aliphatic carbocycles. The molecule has 0 aliphatic heterocycles. The number of carbonyl (C=O) groups is 2. The van der Waals surface area contributed by atoms with Gasteiger partial charge in [-0.15, -0.1) is 6.58 Å². The van der Waals surface area contributed by atoms with Gasteiger partial charge in [-0.2, -0.15) is 5.10 Å². The molecule has 1 aliphatic rings. The van der Waals surface area contributed by atoms with Crippen molar-refractivity contribution in [2.75, 3.05) is 5.32 Å². The first-order valence-electron chi connectivity index (χ1n) is 9.11. The van der Waals surface area contributed by atoms with Gasteiger partial charge in [0.25, 0.3) is 5.91 Å². The minimum Gasteiger partial charge on any atom is -0.455 e. The molecule has 10 heteroatoms. The second kappa shape index (κ2) is 7.53. The van der Waals surface area contributed by atoms with Crippen LogP contribution in [-0.4, -0.2) is 31.4 Å². The van der Waals surface area contributed by atoms with Gasteiger partial charge in [0.2, 0.25) is 0 Å². The summed E-state index contributed by atoms with van der Waals surface area (Å²) < 4.78 is 8.01. The van der Waals surface area contributed by atoms with Gasteiger partial charge >= 0.3 is 0 Å². The summed E-state index contributed by atoms with van der Waals surface area (Å²) in [6.07, 6.45) is 3.63. The van der Waals surface area contributed by atoms with Crippen LogP contribution in [0, 0.1) is 18.6 Å². The third-order valence-corrected chi connectivity index (χ3v) is 6.18. The van der Waals surface area contributed by atoms with E-state index < -0.39 is 5.91 Å². The lowest BCUT2D eigenvalue weighted by Gasteiger charge is -2.07. The van der Waals surface area contributed by atoms with Crippen LogP contribution in [0.25, 0.3) is 10.7 Å². The lowest BCUT2D eigenvalue weighted by Crippen LogP contribution is -2.13. The number of amides is 1. The van der Waals surface area contributed by atoms with Crippen molar-refractivity contribution in [3.8, 4) is 10.7 Å². The van der Waals surface area contributed by atoms with Crippen LogP contribution < -0.4 is 5.32 Å². The largest absolute Gasteiger partial charge is 0.455 e. The number of allylic oxidation sites excluding steroid dienone is 1. The average molecular weight is 430 g/mol. The van der Waals surface area contributed by atoms with Crippen molar-refractivity contribution < 1.29 is 14.0 Å². The van der Waals surface area contributed by atoms with Gasteiger partial charge in [-0.25, -0.2) is 4.98 Å². The molecule has 150 valence electrons. The molecule has 0 unspecified atom stereocenters. The van der Waals surface area contributed by atoms with E-state index >= 15 is 0 Å². The Balaban J connectivity index is 1.63. The highest BCUT2D eigenvalue weighted by atomic mass is 32.1. The van der Waals surface area contributed by atoms with Gasteiger partial charge in [0, 0.05) is 24.9 Å². The average Bonchev–Trinajstić information content (AvgIpc) is 3.32. The third-order valence-electron chi connectivity index (χ3n) is 4.80. The molecule has 0 saturated carbocycles. The van der Waals surface area contributed by atoms with Crippen molar-refractivity contribution in [1.82, 2.24) is 19.7 Å². The van der Waals surface area contributed by atoms with E-state index in [0.29, 0.717) is 52.0 Å². The van der Waals surface area contributed by atoms with Gasteiger partial charge in [0.15, 0.2) is 27.3 Å². The Morgan fingerprint density at radius 2 is 2.24 bits per heavy atom. The Morgan fingerprint density at radius 1 is 1.45 bits per heavy atom. The zero-order chi connectivity index (χ0) is 20.7. The molecule has 29 heavy (non-hydrogen) atoms. The van der Waals surface area contributed by atoms with E-state index in [2.05, 4.69) is 27.1 Å². The normalized spacial score (nSPS) is 13.4. The molecule has 0 atom stereocenters. The number of nitrogens with one attached hydrogen (secondary N) is 2. The molecular weight excluding hydrogens is 410 g/mol. The molecule has 0 bridgehead atoms. The van der Waals surface area contributed by atoms with Crippen LogP contribution in [0.5, 0.6) is 0 Å². The molecule has 1 amide bonds. The molecule has 2 N–H and O–H groups in total. The van der Waals surface area contributed by atoms with Crippen LogP contribution in [0.15, 0.2) is 17.1 Å². The molecule has 0 saturated heterocycles. The SMILES string of the molecule is C=CCn1c(-c2sc(NC(=O)c3oc4c(c3C)C(=O)CCC4)nc2C)n[nH]c1=S. The van der Waals surface area contributed by atoms with Crippen molar-refractivity contribution >= 4 is 40.4 Å². The number of carbonyl (C=O) groups excluding carboxylic acids is 2. The van der Waals surface area contributed by atoms with E-state index in [4.69, 9.17) is 16.6 Å². The molecule has 3 aromatic rings. The van der Waals surface area contributed by atoms with Gasteiger partial charge in [-0.1, -0.05) is 17.4 Å². The number of ketones is 1. The number of fused-ring (bicyclic) bond motifs is 1. The summed E-state index contributed by atoms with van der Waals surface area (Å²) in [6.45, 7) is 7.83. The van der Waals surface area contributed by atoms with Crippen molar-refractivity contribution in [2.24, 2.45) is 0 Å². The summed E-state index contributed by atoms with van der Waals surface area (Å²) >= 11 is 6.55. The van der Waals surface area contributed by atoms with Gasteiger partial charge in [0.05, 0.1) is 16.1 Å². The minimum absolute atomic E-state index is 0.0314. The van der Waals surface area contributed by atoms with E-state index in [1.807, 2.05) is 11.5 Å². The van der Waals surface area contributed by atoms with E-state index in [1.165, 1.54) is 11.3 Å². The maximum absolute atomic E-state index is 12.8. The zero-order valence-corrected chi connectivity index (χ0v) is 17.6.